The first-order valence-electron chi connectivity index (χ1n) is 4.51. The third kappa shape index (κ3) is 3.48. The highest BCUT2D eigenvalue weighted by molar-refractivity contribution is 7.81. The summed E-state index contributed by atoms with van der Waals surface area (Å²) in [5, 5.41) is -0.250. The van der Waals surface area contributed by atoms with Gasteiger partial charge >= 0.3 is 5.97 Å². The first-order valence-corrected chi connectivity index (χ1v) is 5.03. The van der Waals surface area contributed by atoms with Crippen molar-refractivity contribution in [1.29, 1.82) is 0 Å². The summed E-state index contributed by atoms with van der Waals surface area (Å²) in [5.74, 6) is 0.155. The van der Waals surface area contributed by atoms with Gasteiger partial charge in [0.05, 0.1) is 6.61 Å². The molecule has 0 aliphatic carbocycles. The quantitative estimate of drug-likeness (QED) is 0.532. The molecule has 0 fully saturated rings. The van der Waals surface area contributed by atoms with Crippen molar-refractivity contribution in [2.75, 3.05) is 6.61 Å². The van der Waals surface area contributed by atoms with Crippen molar-refractivity contribution < 1.29 is 9.53 Å². The van der Waals surface area contributed by atoms with Crippen molar-refractivity contribution in [3.05, 3.63) is 0 Å². The summed E-state index contributed by atoms with van der Waals surface area (Å²) in [6.45, 7) is 6.38. The third-order valence-electron chi connectivity index (χ3n) is 2.02. The van der Waals surface area contributed by atoms with Crippen LogP contribution in [0.25, 0.3) is 0 Å². The predicted molar refractivity (Wildman–Crippen MR) is 53.5 cm³/mol. The van der Waals surface area contributed by atoms with Crippen LogP contribution in [-0.4, -0.2) is 17.8 Å². The van der Waals surface area contributed by atoms with Crippen LogP contribution in [0, 0.1) is 5.92 Å². The molecule has 0 radical (unpaired) electrons. The van der Waals surface area contributed by atoms with E-state index in [1.54, 1.807) is 0 Å². The zero-order valence-corrected chi connectivity index (χ0v) is 8.93. The Labute approximate surface area is 80.1 Å². The molecule has 0 saturated heterocycles. The van der Waals surface area contributed by atoms with Crippen LogP contribution >= 0.6 is 12.6 Å². The van der Waals surface area contributed by atoms with Crippen molar-refractivity contribution in [3.63, 3.8) is 0 Å². The number of hydrogen-bond acceptors (Lipinski definition) is 3. The van der Waals surface area contributed by atoms with Crippen LogP contribution in [0.3, 0.4) is 0 Å². The zero-order chi connectivity index (χ0) is 9.56. The summed E-state index contributed by atoms with van der Waals surface area (Å²) in [4.78, 5) is 11.2. The monoisotopic (exact) mass is 190 g/mol. The van der Waals surface area contributed by atoms with Gasteiger partial charge in [0.1, 0.15) is 5.25 Å². The second kappa shape index (κ2) is 6.35. The largest absolute Gasteiger partial charge is 0.465 e. The number of hydrogen-bond donors (Lipinski definition) is 1. The molecule has 0 rings (SSSR count). The Hall–Kier alpha value is -0.180. The second-order valence-electron chi connectivity index (χ2n) is 2.77. The van der Waals surface area contributed by atoms with E-state index in [1.807, 2.05) is 6.92 Å². The molecule has 0 aliphatic rings. The van der Waals surface area contributed by atoms with Gasteiger partial charge in [0.15, 0.2) is 0 Å². The van der Waals surface area contributed by atoms with Crippen molar-refractivity contribution in [3.8, 4) is 0 Å². The zero-order valence-electron chi connectivity index (χ0n) is 8.04. The minimum atomic E-state index is -0.250. The third-order valence-corrected chi connectivity index (χ3v) is 2.66. The lowest BCUT2D eigenvalue weighted by Gasteiger charge is -2.18. The van der Waals surface area contributed by atoms with Gasteiger partial charge in [0, 0.05) is 0 Å². The second-order valence-corrected chi connectivity index (χ2v) is 3.33. The summed E-state index contributed by atoms with van der Waals surface area (Å²) in [7, 11) is 0. The summed E-state index contributed by atoms with van der Waals surface area (Å²) in [6.07, 6.45) is 1.95. The Kier molecular flexibility index (Phi) is 6.25. The van der Waals surface area contributed by atoms with Crippen LogP contribution < -0.4 is 0 Å². The Bertz CT molecular complexity index is 132. The van der Waals surface area contributed by atoms with Crippen LogP contribution in [0.4, 0.5) is 0 Å². The van der Waals surface area contributed by atoms with Gasteiger partial charge in [0.25, 0.3) is 0 Å². The van der Waals surface area contributed by atoms with E-state index in [1.165, 1.54) is 0 Å². The minimum Gasteiger partial charge on any atom is -0.465 e. The standard InChI is InChI=1S/C9H18O2S/c1-4-7(5-2)8(12)9(10)11-6-3/h7-8,12H,4-6H2,1-3H3. The Morgan fingerprint density at radius 3 is 2.17 bits per heavy atom. The van der Waals surface area contributed by atoms with E-state index >= 15 is 0 Å². The van der Waals surface area contributed by atoms with Gasteiger partial charge in [0.2, 0.25) is 0 Å². The highest BCUT2D eigenvalue weighted by Crippen LogP contribution is 2.19. The molecule has 0 N–H and O–H groups in total. The Morgan fingerprint density at radius 2 is 1.83 bits per heavy atom. The molecular weight excluding hydrogens is 172 g/mol. The van der Waals surface area contributed by atoms with Crippen molar-refractivity contribution >= 4 is 18.6 Å². The molecule has 2 nitrogen and oxygen atoms in total. The summed E-state index contributed by atoms with van der Waals surface area (Å²) in [6, 6.07) is 0. The van der Waals surface area contributed by atoms with Crippen molar-refractivity contribution in [2.24, 2.45) is 5.92 Å². The van der Waals surface area contributed by atoms with Crippen LogP contribution in [0.1, 0.15) is 33.6 Å². The molecule has 0 heterocycles. The summed E-state index contributed by atoms with van der Waals surface area (Å²) in [5.41, 5.74) is 0. The molecule has 0 aromatic carbocycles. The van der Waals surface area contributed by atoms with Gasteiger partial charge in [-0.3, -0.25) is 4.79 Å². The maximum Gasteiger partial charge on any atom is 0.319 e. The topological polar surface area (TPSA) is 26.3 Å². The molecule has 0 amide bonds. The molecular formula is C9H18O2S. The average molecular weight is 190 g/mol. The number of carbonyl (C=O) groups is 1. The molecule has 0 spiro atoms. The van der Waals surface area contributed by atoms with E-state index in [2.05, 4.69) is 26.5 Å². The molecule has 0 saturated carbocycles. The number of rotatable bonds is 5. The first kappa shape index (κ1) is 11.8. The van der Waals surface area contributed by atoms with Crippen LogP contribution in [-0.2, 0) is 9.53 Å². The summed E-state index contributed by atoms with van der Waals surface area (Å²) < 4.78 is 4.87. The van der Waals surface area contributed by atoms with Gasteiger partial charge in [-0.1, -0.05) is 26.7 Å². The van der Waals surface area contributed by atoms with E-state index in [-0.39, 0.29) is 11.2 Å². The van der Waals surface area contributed by atoms with E-state index in [0.29, 0.717) is 12.5 Å². The smallest absolute Gasteiger partial charge is 0.319 e. The molecule has 12 heavy (non-hydrogen) atoms. The van der Waals surface area contributed by atoms with Gasteiger partial charge in [-0.15, -0.1) is 0 Å². The first-order chi connectivity index (χ1) is 5.67. The van der Waals surface area contributed by atoms with E-state index in [4.69, 9.17) is 4.74 Å². The summed E-state index contributed by atoms with van der Waals surface area (Å²) >= 11 is 4.24. The molecule has 0 bridgehead atoms. The van der Waals surface area contributed by atoms with Crippen LogP contribution in [0.5, 0.6) is 0 Å². The van der Waals surface area contributed by atoms with Gasteiger partial charge in [-0.05, 0) is 12.8 Å². The SMILES string of the molecule is CCOC(=O)C(S)C(CC)CC. The lowest BCUT2D eigenvalue weighted by atomic mass is 9.99. The van der Waals surface area contributed by atoms with E-state index in [9.17, 15) is 4.79 Å². The molecule has 0 aromatic heterocycles. The molecule has 0 aromatic rings. The van der Waals surface area contributed by atoms with Gasteiger partial charge in [-0.2, -0.15) is 12.6 Å². The normalized spacial score (nSPS) is 13.1. The number of esters is 1. The van der Waals surface area contributed by atoms with E-state index < -0.39 is 0 Å². The number of carbonyl (C=O) groups excluding carboxylic acids is 1. The number of ether oxygens (including phenoxy) is 1. The number of thiol groups is 1. The van der Waals surface area contributed by atoms with Gasteiger partial charge in [-0.25, -0.2) is 0 Å². The average Bonchev–Trinajstić information content (AvgIpc) is 2.07. The lowest BCUT2D eigenvalue weighted by Crippen LogP contribution is -2.25. The molecule has 3 heteroatoms. The maximum atomic E-state index is 11.2. The van der Waals surface area contributed by atoms with Crippen molar-refractivity contribution in [1.82, 2.24) is 0 Å². The highest BCUT2D eigenvalue weighted by Gasteiger charge is 2.22. The Balaban J connectivity index is 3.96. The fourth-order valence-electron chi connectivity index (χ4n) is 1.16. The molecule has 1 atom stereocenters. The van der Waals surface area contributed by atoms with Crippen LogP contribution in [0.15, 0.2) is 0 Å². The van der Waals surface area contributed by atoms with Crippen LogP contribution in [0.2, 0.25) is 0 Å². The lowest BCUT2D eigenvalue weighted by molar-refractivity contribution is -0.143. The minimum absolute atomic E-state index is 0.186. The molecule has 1 unspecified atom stereocenters. The van der Waals surface area contributed by atoms with Crippen molar-refractivity contribution in [2.45, 2.75) is 38.9 Å². The molecule has 72 valence electrons. The highest BCUT2D eigenvalue weighted by atomic mass is 32.1. The molecule has 0 aliphatic heterocycles. The fraction of sp³-hybridized carbons (Fsp3) is 0.889. The van der Waals surface area contributed by atoms with E-state index in [0.717, 1.165) is 12.8 Å². The predicted octanol–water partition coefficient (Wildman–Crippen LogP) is 2.28. The van der Waals surface area contributed by atoms with Gasteiger partial charge < -0.3 is 4.74 Å². The Morgan fingerprint density at radius 1 is 1.33 bits per heavy atom. The maximum absolute atomic E-state index is 11.2. The fourth-order valence-corrected chi connectivity index (χ4v) is 1.65.